The smallest absolute Gasteiger partial charge is 0.316 e. The zero-order chi connectivity index (χ0) is 14.3. The van der Waals surface area contributed by atoms with Gasteiger partial charge < -0.3 is 26.8 Å². The zero-order valence-corrected chi connectivity index (χ0v) is 10.7. The summed E-state index contributed by atoms with van der Waals surface area (Å²) >= 11 is 0. The number of carbonyl (C=O) groups excluding carboxylic acids is 2. The predicted octanol–water partition coefficient (Wildman–Crippen LogP) is 0.264. The number of rotatable bonds is 6. The Kier molecular flexibility index (Phi) is 5.62. The summed E-state index contributed by atoms with van der Waals surface area (Å²) in [5.41, 5.74) is 11.1. The summed E-state index contributed by atoms with van der Waals surface area (Å²) in [6, 6.07) is 3.99. The van der Waals surface area contributed by atoms with Crippen LogP contribution in [0.25, 0.3) is 0 Å². The molecule has 6 N–H and O–H groups in total. The summed E-state index contributed by atoms with van der Waals surface area (Å²) in [5, 5.41) is 5.11. The third kappa shape index (κ3) is 4.47. The molecule has 19 heavy (non-hydrogen) atoms. The van der Waals surface area contributed by atoms with Crippen LogP contribution >= 0.6 is 0 Å². The Morgan fingerprint density at radius 2 is 2.11 bits per heavy atom. The molecule has 0 bridgehead atoms. The highest BCUT2D eigenvalue weighted by atomic mass is 16.5. The van der Waals surface area contributed by atoms with E-state index in [2.05, 4.69) is 10.6 Å². The normalized spacial score (nSPS) is 9.79. The summed E-state index contributed by atoms with van der Waals surface area (Å²) in [5.74, 6) is 0.124. The van der Waals surface area contributed by atoms with Crippen molar-refractivity contribution in [1.82, 2.24) is 5.32 Å². The predicted molar refractivity (Wildman–Crippen MR) is 72.2 cm³/mol. The Labute approximate surface area is 111 Å². The standard InChI is InChI=1S/C12H18N4O3/c1-19-10-4-3-8(16-12(14)18)7-9(10)11(17)15-6-2-5-13/h3-4,7H,2,5-6,13H2,1H3,(H,15,17)(H3,14,16,18). The fraction of sp³-hybridized carbons (Fsp3) is 0.333. The van der Waals surface area contributed by atoms with E-state index in [4.69, 9.17) is 16.2 Å². The average molecular weight is 266 g/mol. The van der Waals surface area contributed by atoms with Gasteiger partial charge in [-0.05, 0) is 31.2 Å². The van der Waals surface area contributed by atoms with Crippen LogP contribution in [0.5, 0.6) is 5.75 Å². The number of amides is 3. The molecule has 3 amide bonds. The van der Waals surface area contributed by atoms with Crippen molar-refractivity contribution in [2.24, 2.45) is 11.5 Å². The topological polar surface area (TPSA) is 119 Å². The first-order valence-corrected chi connectivity index (χ1v) is 5.81. The number of urea groups is 1. The van der Waals surface area contributed by atoms with E-state index in [1.165, 1.54) is 13.2 Å². The second-order valence-corrected chi connectivity index (χ2v) is 3.80. The van der Waals surface area contributed by atoms with Gasteiger partial charge in [-0.1, -0.05) is 0 Å². The van der Waals surface area contributed by atoms with E-state index in [1.807, 2.05) is 0 Å². The summed E-state index contributed by atoms with van der Waals surface area (Å²) in [6.07, 6.45) is 0.688. The van der Waals surface area contributed by atoms with Gasteiger partial charge in [-0.2, -0.15) is 0 Å². The summed E-state index contributed by atoms with van der Waals surface area (Å²) in [7, 11) is 1.47. The molecule has 0 aliphatic carbocycles. The number of hydrogen-bond acceptors (Lipinski definition) is 4. The van der Waals surface area contributed by atoms with Crippen LogP contribution in [0.4, 0.5) is 10.5 Å². The van der Waals surface area contributed by atoms with Crippen molar-refractivity contribution in [1.29, 1.82) is 0 Å². The molecule has 1 aromatic carbocycles. The number of primary amides is 1. The maximum absolute atomic E-state index is 12.0. The van der Waals surface area contributed by atoms with Crippen LogP contribution in [0.1, 0.15) is 16.8 Å². The lowest BCUT2D eigenvalue weighted by Gasteiger charge is -2.11. The minimum Gasteiger partial charge on any atom is -0.496 e. The highest BCUT2D eigenvalue weighted by Gasteiger charge is 2.13. The van der Waals surface area contributed by atoms with Gasteiger partial charge in [0.1, 0.15) is 5.75 Å². The first kappa shape index (κ1) is 14.8. The van der Waals surface area contributed by atoms with Crippen molar-refractivity contribution in [3.8, 4) is 5.75 Å². The first-order valence-electron chi connectivity index (χ1n) is 5.81. The van der Waals surface area contributed by atoms with Gasteiger partial charge in [0.2, 0.25) is 0 Å². The number of nitrogens with one attached hydrogen (secondary N) is 2. The van der Waals surface area contributed by atoms with E-state index in [0.29, 0.717) is 36.5 Å². The molecule has 0 unspecified atom stereocenters. The lowest BCUT2D eigenvalue weighted by atomic mass is 10.1. The number of benzene rings is 1. The van der Waals surface area contributed by atoms with Crippen LogP contribution in [-0.2, 0) is 0 Å². The minimum atomic E-state index is -0.695. The number of nitrogens with two attached hydrogens (primary N) is 2. The van der Waals surface area contributed by atoms with Crippen LogP contribution in [0.3, 0.4) is 0 Å². The Morgan fingerprint density at radius 1 is 1.37 bits per heavy atom. The molecule has 104 valence electrons. The monoisotopic (exact) mass is 266 g/mol. The fourth-order valence-corrected chi connectivity index (χ4v) is 1.50. The van der Waals surface area contributed by atoms with Crippen molar-refractivity contribution in [3.05, 3.63) is 23.8 Å². The zero-order valence-electron chi connectivity index (χ0n) is 10.7. The first-order chi connectivity index (χ1) is 9.08. The van der Waals surface area contributed by atoms with Gasteiger partial charge in [0.05, 0.1) is 12.7 Å². The largest absolute Gasteiger partial charge is 0.496 e. The molecule has 0 atom stereocenters. The number of anilines is 1. The Bertz CT molecular complexity index is 462. The summed E-state index contributed by atoms with van der Waals surface area (Å²) < 4.78 is 5.10. The van der Waals surface area contributed by atoms with E-state index >= 15 is 0 Å². The molecule has 0 aliphatic rings. The van der Waals surface area contributed by atoms with Gasteiger partial charge in [0.25, 0.3) is 5.91 Å². The van der Waals surface area contributed by atoms with Crippen molar-refractivity contribution in [3.63, 3.8) is 0 Å². The van der Waals surface area contributed by atoms with Crippen molar-refractivity contribution in [2.45, 2.75) is 6.42 Å². The van der Waals surface area contributed by atoms with Crippen LogP contribution in [0, 0.1) is 0 Å². The molecule has 0 aliphatic heterocycles. The Morgan fingerprint density at radius 3 is 2.68 bits per heavy atom. The SMILES string of the molecule is COc1ccc(NC(N)=O)cc1C(=O)NCCCN. The molecule has 0 aromatic heterocycles. The molecule has 7 nitrogen and oxygen atoms in total. The van der Waals surface area contributed by atoms with Crippen LogP contribution in [0.15, 0.2) is 18.2 Å². The molecule has 0 saturated heterocycles. The molecule has 0 spiro atoms. The molecular weight excluding hydrogens is 248 g/mol. The third-order valence-corrected chi connectivity index (χ3v) is 2.38. The molecule has 0 saturated carbocycles. The van der Waals surface area contributed by atoms with Gasteiger partial charge in [0, 0.05) is 12.2 Å². The third-order valence-electron chi connectivity index (χ3n) is 2.38. The Balaban J connectivity index is 2.88. The highest BCUT2D eigenvalue weighted by molar-refractivity contribution is 5.99. The van der Waals surface area contributed by atoms with Gasteiger partial charge >= 0.3 is 6.03 Å². The van der Waals surface area contributed by atoms with E-state index in [-0.39, 0.29) is 5.91 Å². The van der Waals surface area contributed by atoms with Crippen molar-refractivity contribution < 1.29 is 14.3 Å². The van der Waals surface area contributed by atoms with Crippen LogP contribution in [0.2, 0.25) is 0 Å². The fourth-order valence-electron chi connectivity index (χ4n) is 1.50. The van der Waals surface area contributed by atoms with Crippen LogP contribution < -0.4 is 26.8 Å². The summed E-state index contributed by atoms with van der Waals surface area (Å²) in [4.78, 5) is 22.7. The van der Waals surface area contributed by atoms with E-state index in [9.17, 15) is 9.59 Å². The Hall–Kier alpha value is -2.28. The van der Waals surface area contributed by atoms with Gasteiger partial charge in [-0.3, -0.25) is 4.79 Å². The van der Waals surface area contributed by atoms with E-state index in [1.54, 1.807) is 12.1 Å². The molecule has 0 heterocycles. The van der Waals surface area contributed by atoms with Gasteiger partial charge in [-0.25, -0.2) is 4.79 Å². The van der Waals surface area contributed by atoms with E-state index < -0.39 is 6.03 Å². The number of methoxy groups -OCH3 is 1. The average Bonchev–Trinajstić information content (AvgIpc) is 2.38. The molecule has 1 aromatic rings. The lowest BCUT2D eigenvalue weighted by molar-refractivity contribution is 0.0950. The van der Waals surface area contributed by atoms with Crippen molar-refractivity contribution >= 4 is 17.6 Å². The number of ether oxygens (including phenoxy) is 1. The van der Waals surface area contributed by atoms with Crippen molar-refractivity contribution in [2.75, 3.05) is 25.5 Å². The molecule has 0 fully saturated rings. The molecule has 1 rings (SSSR count). The van der Waals surface area contributed by atoms with Crippen LogP contribution in [-0.4, -0.2) is 32.1 Å². The highest BCUT2D eigenvalue weighted by Crippen LogP contribution is 2.22. The minimum absolute atomic E-state index is 0.293. The molecule has 7 heteroatoms. The molecular formula is C12H18N4O3. The quantitative estimate of drug-likeness (QED) is 0.552. The van der Waals surface area contributed by atoms with E-state index in [0.717, 1.165) is 0 Å². The number of hydrogen-bond donors (Lipinski definition) is 4. The van der Waals surface area contributed by atoms with Gasteiger partial charge in [0.15, 0.2) is 0 Å². The maximum atomic E-state index is 12.0. The maximum Gasteiger partial charge on any atom is 0.316 e. The number of carbonyl (C=O) groups is 2. The lowest BCUT2D eigenvalue weighted by Crippen LogP contribution is -2.26. The second kappa shape index (κ2) is 7.22. The second-order valence-electron chi connectivity index (χ2n) is 3.80. The molecule has 0 radical (unpaired) electrons. The summed E-state index contributed by atoms with van der Waals surface area (Å²) in [6.45, 7) is 0.979. The van der Waals surface area contributed by atoms with Gasteiger partial charge in [-0.15, -0.1) is 0 Å².